The molecule has 1 fully saturated rings. The maximum absolute atomic E-state index is 12.2. The molecule has 0 saturated heterocycles. The van der Waals surface area contributed by atoms with E-state index in [1.807, 2.05) is 0 Å². The third-order valence-corrected chi connectivity index (χ3v) is 5.83. The molecule has 0 aliphatic heterocycles. The van der Waals surface area contributed by atoms with Gasteiger partial charge < -0.3 is 43.2 Å². The molecule has 1 amide bonds. The lowest BCUT2D eigenvalue weighted by Crippen LogP contribution is -2.35. The standard InChI is InChI=1S/C25H45NO9/c1-28-6-7-30-10-11-32-14-15-34-18-19-35-17-16-33-13-12-31-9-8-29-5-4-26-25(27)24-21-22-2-3-23(24)20-22/h2-3,22-24H,4-21H2,1H3,(H,26,27). The van der Waals surface area contributed by atoms with Gasteiger partial charge in [-0.25, -0.2) is 0 Å². The molecule has 1 N–H and O–H groups in total. The summed E-state index contributed by atoms with van der Waals surface area (Å²) in [7, 11) is 1.65. The van der Waals surface area contributed by atoms with Gasteiger partial charge in [0, 0.05) is 19.6 Å². The Balaban J connectivity index is 1.19. The summed E-state index contributed by atoms with van der Waals surface area (Å²) in [6, 6.07) is 0. The lowest BCUT2D eigenvalue weighted by Gasteiger charge is -2.17. The fourth-order valence-corrected chi connectivity index (χ4v) is 4.02. The Bertz CT molecular complexity index is 549. The third kappa shape index (κ3) is 14.9. The van der Waals surface area contributed by atoms with E-state index in [0.29, 0.717) is 117 Å². The average Bonchev–Trinajstić information content (AvgIpc) is 3.50. The minimum Gasteiger partial charge on any atom is -0.382 e. The predicted octanol–water partition coefficient (Wildman–Crippen LogP) is 1.08. The molecule has 2 rings (SSSR count). The van der Waals surface area contributed by atoms with Crippen LogP contribution in [-0.2, 0) is 42.7 Å². The van der Waals surface area contributed by atoms with E-state index in [0.717, 1.165) is 12.8 Å². The monoisotopic (exact) mass is 503 g/mol. The van der Waals surface area contributed by atoms with Gasteiger partial charge in [-0.1, -0.05) is 12.2 Å². The van der Waals surface area contributed by atoms with Crippen molar-refractivity contribution in [3.63, 3.8) is 0 Å². The van der Waals surface area contributed by atoms with E-state index in [2.05, 4.69) is 17.5 Å². The highest BCUT2D eigenvalue weighted by Gasteiger charge is 2.39. The van der Waals surface area contributed by atoms with E-state index in [4.69, 9.17) is 37.9 Å². The fraction of sp³-hybridized carbons (Fsp3) is 0.880. The topological polar surface area (TPSA) is 103 Å². The molecule has 10 heteroatoms. The van der Waals surface area contributed by atoms with Gasteiger partial charge in [0.2, 0.25) is 5.91 Å². The van der Waals surface area contributed by atoms with Crippen molar-refractivity contribution < 1.29 is 42.7 Å². The van der Waals surface area contributed by atoms with Crippen LogP contribution in [0.25, 0.3) is 0 Å². The Labute approximate surface area is 209 Å². The summed E-state index contributed by atoms with van der Waals surface area (Å²) >= 11 is 0. The molecule has 0 aromatic carbocycles. The van der Waals surface area contributed by atoms with Crippen molar-refractivity contribution in [2.75, 3.05) is 113 Å². The molecule has 0 aromatic rings. The Kier molecular flexibility index (Phi) is 18.1. The van der Waals surface area contributed by atoms with Crippen LogP contribution < -0.4 is 5.32 Å². The Morgan fingerprint density at radius 1 is 0.629 bits per heavy atom. The second-order valence-corrected chi connectivity index (χ2v) is 8.46. The lowest BCUT2D eigenvalue weighted by atomic mass is 9.93. The molecule has 0 aromatic heterocycles. The van der Waals surface area contributed by atoms with Gasteiger partial charge in [0.15, 0.2) is 0 Å². The van der Waals surface area contributed by atoms with Crippen LogP contribution in [-0.4, -0.2) is 119 Å². The zero-order valence-corrected chi connectivity index (χ0v) is 21.3. The summed E-state index contributed by atoms with van der Waals surface area (Å²) < 4.78 is 42.9. The summed E-state index contributed by atoms with van der Waals surface area (Å²) in [6.45, 7) is 8.54. The highest BCUT2D eigenvalue weighted by atomic mass is 16.6. The van der Waals surface area contributed by atoms with Crippen LogP contribution >= 0.6 is 0 Å². The van der Waals surface area contributed by atoms with Crippen LogP contribution in [0.5, 0.6) is 0 Å². The second kappa shape index (κ2) is 21.0. The van der Waals surface area contributed by atoms with Gasteiger partial charge in [-0.3, -0.25) is 4.79 Å². The van der Waals surface area contributed by atoms with Crippen molar-refractivity contribution >= 4 is 5.91 Å². The highest BCUT2D eigenvalue weighted by molar-refractivity contribution is 5.79. The Morgan fingerprint density at radius 3 is 1.43 bits per heavy atom. The maximum atomic E-state index is 12.2. The van der Waals surface area contributed by atoms with Gasteiger partial charge in [-0.15, -0.1) is 0 Å². The van der Waals surface area contributed by atoms with Crippen LogP contribution in [0.15, 0.2) is 12.2 Å². The first kappa shape index (κ1) is 30.1. The van der Waals surface area contributed by atoms with Crippen molar-refractivity contribution in [2.45, 2.75) is 12.8 Å². The molecule has 1 saturated carbocycles. The molecule has 3 atom stereocenters. The number of hydrogen-bond donors (Lipinski definition) is 1. The van der Waals surface area contributed by atoms with E-state index in [-0.39, 0.29) is 11.8 Å². The van der Waals surface area contributed by atoms with E-state index >= 15 is 0 Å². The van der Waals surface area contributed by atoms with Gasteiger partial charge in [-0.05, 0) is 24.7 Å². The first-order valence-electron chi connectivity index (χ1n) is 12.8. The molecular weight excluding hydrogens is 458 g/mol. The summed E-state index contributed by atoms with van der Waals surface area (Å²) in [5, 5.41) is 2.98. The first-order valence-corrected chi connectivity index (χ1v) is 12.8. The van der Waals surface area contributed by atoms with Crippen LogP contribution in [0.2, 0.25) is 0 Å². The number of allylic oxidation sites excluding steroid dienone is 2. The van der Waals surface area contributed by atoms with Gasteiger partial charge in [0.1, 0.15) is 0 Å². The average molecular weight is 504 g/mol. The Hall–Kier alpha value is -1.11. The minimum absolute atomic E-state index is 0.153. The third-order valence-electron chi connectivity index (χ3n) is 5.83. The number of ether oxygens (including phenoxy) is 8. The largest absolute Gasteiger partial charge is 0.382 e. The van der Waals surface area contributed by atoms with Crippen molar-refractivity contribution in [2.24, 2.45) is 17.8 Å². The molecule has 204 valence electrons. The molecule has 2 bridgehead atoms. The van der Waals surface area contributed by atoms with E-state index in [1.165, 1.54) is 0 Å². The number of hydrogen-bond acceptors (Lipinski definition) is 9. The van der Waals surface area contributed by atoms with Gasteiger partial charge in [0.05, 0.1) is 99.1 Å². The number of carbonyl (C=O) groups excluding carboxylic acids is 1. The SMILES string of the molecule is COCCOCCOCCOCCOCCOCCOCCOCCNC(=O)C1CC2C=CC1C2. The van der Waals surface area contributed by atoms with Crippen molar-refractivity contribution in [3.05, 3.63) is 12.2 Å². The number of carbonyl (C=O) groups is 1. The van der Waals surface area contributed by atoms with Crippen LogP contribution in [0.3, 0.4) is 0 Å². The number of fused-ring (bicyclic) bond motifs is 2. The normalized spacial score (nSPS) is 20.7. The lowest BCUT2D eigenvalue weighted by molar-refractivity contribution is -0.126. The van der Waals surface area contributed by atoms with Crippen LogP contribution in [0.4, 0.5) is 0 Å². The van der Waals surface area contributed by atoms with Crippen LogP contribution in [0, 0.1) is 17.8 Å². The molecule has 0 radical (unpaired) electrons. The number of nitrogens with one attached hydrogen (secondary N) is 1. The summed E-state index contributed by atoms with van der Waals surface area (Å²) in [6.07, 6.45) is 6.58. The van der Waals surface area contributed by atoms with Gasteiger partial charge in [-0.2, -0.15) is 0 Å². The van der Waals surface area contributed by atoms with E-state index in [1.54, 1.807) is 7.11 Å². The summed E-state index contributed by atoms with van der Waals surface area (Å²) in [5.41, 5.74) is 0. The Morgan fingerprint density at radius 2 is 1.06 bits per heavy atom. The fourth-order valence-electron chi connectivity index (χ4n) is 4.02. The molecule has 3 unspecified atom stereocenters. The smallest absolute Gasteiger partial charge is 0.223 e. The van der Waals surface area contributed by atoms with Crippen molar-refractivity contribution in [3.8, 4) is 0 Å². The maximum Gasteiger partial charge on any atom is 0.223 e. The molecule has 2 aliphatic carbocycles. The summed E-state index contributed by atoms with van der Waals surface area (Å²) in [4.78, 5) is 12.2. The zero-order chi connectivity index (χ0) is 24.8. The second-order valence-electron chi connectivity index (χ2n) is 8.46. The number of methoxy groups -OCH3 is 1. The molecule has 10 nitrogen and oxygen atoms in total. The van der Waals surface area contributed by atoms with Gasteiger partial charge in [0.25, 0.3) is 0 Å². The van der Waals surface area contributed by atoms with Crippen molar-refractivity contribution in [1.29, 1.82) is 0 Å². The molecular formula is C25H45NO9. The van der Waals surface area contributed by atoms with Crippen molar-refractivity contribution in [1.82, 2.24) is 5.32 Å². The quantitative estimate of drug-likeness (QED) is 0.145. The zero-order valence-electron chi connectivity index (χ0n) is 21.3. The number of amides is 1. The number of rotatable bonds is 25. The van der Waals surface area contributed by atoms with E-state index < -0.39 is 0 Å². The molecule has 0 heterocycles. The summed E-state index contributed by atoms with van der Waals surface area (Å²) in [5.74, 6) is 1.37. The van der Waals surface area contributed by atoms with E-state index in [9.17, 15) is 4.79 Å². The van der Waals surface area contributed by atoms with Crippen LogP contribution in [0.1, 0.15) is 12.8 Å². The first-order chi connectivity index (χ1) is 17.3. The highest BCUT2D eigenvalue weighted by Crippen LogP contribution is 2.43. The molecule has 0 spiro atoms. The molecule has 2 aliphatic rings. The predicted molar refractivity (Wildman–Crippen MR) is 129 cm³/mol. The minimum atomic E-state index is 0.153. The van der Waals surface area contributed by atoms with Gasteiger partial charge >= 0.3 is 0 Å². The molecule has 35 heavy (non-hydrogen) atoms.